The van der Waals surface area contributed by atoms with E-state index in [1.54, 1.807) is 14.2 Å². The Morgan fingerprint density at radius 3 is 2.47 bits per heavy atom. The predicted octanol–water partition coefficient (Wildman–Crippen LogP) is 2.28. The summed E-state index contributed by atoms with van der Waals surface area (Å²) in [7, 11) is 3.34. The third kappa shape index (κ3) is 2.63. The van der Waals surface area contributed by atoms with Crippen molar-refractivity contribution >= 4 is 5.69 Å². The van der Waals surface area contributed by atoms with Crippen LogP contribution in [0, 0.1) is 0 Å². The Morgan fingerprint density at radius 2 is 1.89 bits per heavy atom. The highest BCUT2D eigenvalue weighted by Crippen LogP contribution is 2.35. The second kappa shape index (κ2) is 5.29. The molecule has 1 heterocycles. The largest absolute Gasteiger partial charge is 0.493 e. The van der Waals surface area contributed by atoms with Gasteiger partial charge in [0.1, 0.15) is 0 Å². The Bertz CT molecular complexity index is 446. The molecule has 0 aromatic heterocycles. The molecule has 1 saturated heterocycles. The van der Waals surface area contributed by atoms with Gasteiger partial charge in [0.25, 0.3) is 0 Å². The minimum absolute atomic E-state index is 0.0806. The van der Waals surface area contributed by atoms with Crippen molar-refractivity contribution in [2.24, 2.45) is 0 Å². The number of nitrogens with one attached hydrogen (secondary N) is 1. The highest BCUT2D eigenvalue weighted by Gasteiger charge is 2.34. The molecule has 0 radical (unpaired) electrons. The van der Waals surface area contributed by atoms with Crippen molar-refractivity contribution in [2.75, 3.05) is 32.2 Å². The van der Waals surface area contributed by atoms with Crippen LogP contribution in [0.3, 0.4) is 0 Å². The Balaban J connectivity index is 2.39. The monoisotopic (exact) mass is 264 g/mol. The van der Waals surface area contributed by atoms with E-state index in [0.29, 0.717) is 6.04 Å². The number of piperazine rings is 1. The summed E-state index contributed by atoms with van der Waals surface area (Å²) < 4.78 is 10.7. The normalized spacial score (nSPS) is 22.2. The molecule has 0 spiro atoms. The number of methoxy groups -OCH3 is 2. The highest BCUT2D eigenvalue weighted by atomic mass is 16.5. The summed E-state index contributed by atoms with van der Waals surface area (Å²) in [5, 5.41) is 3.48. The molecule has 1 aromatic rings. The quantitative estimate of drug-likeness (QED) is 0.908. The van der Waals surface area contributed by atoms with Crippen LogP contribution in [0.2, 0.25) is 0 Å². The number of rotatable bonds is 3. The van der Waals surface area contributed by atoms with Gasteiger partial charge in [-0.2, -0.15) is 0 Å². The SMILES string of the molecule is COc1ccc(N2C(C)CNCC2(C)C)cc1OC. The molecule has 1 unspecified atom stereocenters. The standard InChI is InChI=1S/C15H24N2O2/c1-11-9-16-10-15(2,3)17(11)12-6-7-13(18-4)14(8-12)19-5/h6-8,11,16H,9-10H2,1-5H3. The fourth-order valence-corrected chi connectivity index (χ4v) is 2.94. The third-order valence-corrected chi connectivity index (χ3v) is 3.74. The summed E-state index contributed by atoms with van der Waals surface area (Å²) in [6.07, 6.45) is 0. The first-order chi connectivity index (χ1) is 8.99. The molecule has 106 valence electrons. The zero-order valence-electron chi connectivity index (χ0n) is 12.5. The van der Waals surface area contributed by atoms with Crippen molar-refractivity contribution in [1.82, 2.24) is 5.32 Å². The predicted molar refractivity (Wildman–Crippen MR) is 78.4 cm³/mol. The summed E-state index contributed by atoms with van der Waals surface area (Å²) in [5.74, 6) is 1.55. The molecule has 4 heteroatoms. The number of hydrogen-bond acceptors (Lipinski definition) is 4. The molecule has 0 amide bonds. The molecule has 19 heavy (non-hydrogen) atoms. The van der Waals surface area contributed by atoms with Crippen LogP contribution in [0.4, 0.5) is 5.69 Å². The van der Waals surface area contributed by atoms with Crippen LogP contribution < -0.4 is 19.7 Å². The van der Waals surface area contributed by atoms with Gasteiger partial charge in [-0.25, -0.2) is 0 Å². The lowest BCUT2D eigenvalue weighted by Gasteiger charge is -2.48. The second-order valence-electron chi connectivity index (χ2n) is 5.70. The fourth-order valence-electron chi connectivity index (χ4n) is 2.94. The Kier molecular flexibility index (Phi) is 3.90. The molecule has 2 rings (SSSR count). The molecular weight excluding hydrogens is 240 g/mol. The lowest BCUT2D eigenvalue weighted by molar-refractivity contribution is 0.331. The minimum Gasteiger partial charge on any atom is -0.493 e. The zero-order chi connectivity index (χ0) is 14.0. The van der Waals surface area contributed by atoms with Gasteiger partial charge in [-0.05, 0) is 32.9 Å². The summed E-state index contributed by atoms with van der Waals surface area (Å²) in [4.78, 5) is 2.45. The smallest absolute Gasteiger partial charge is 0.162 e. The molecule has 1 aromatic carbocycles. The minimum atomic E-state index is 0.0806. The van der Waals surface area contributed by atoms with Crippen LogP contribution in [0.5, 0.6) is 11.5 Å². The molecule has 1 aliphatic heterocycles. The maximum atomic E-state index is 5.40. The number of benzene rings is 1. The summed E-state index contributed by atoms with van der Waals surface area (Å²) in [6.45, 7) is 8.73. The van der Waals surface area contributed by atoms with Gasteiger partial charge < -0.3 is 19.7 Å². The van der Waals surface area contributed by atoms with E-state index in [1.807, 2.05) is 6.07 Å². The first-order valence-electron chi connectivity index (χ1n) is 6.71. The van der Waals surface area contributed by atoms with Crippen LogP contribution >= 0.6 is 0 Å². The molecule has 1 fully saturated rings. The number of hydrogen-bond donors (Lipinski definition) is 1. The maximum Gasteiger partial charge on any atom is 0.162 e. The van der Waals surface area contributed by atoms with Gasteiger partial charge in [-0.1, -0.05) is 0 Å². The molecule has 1 N–H and O–H groups in total. The van der Waals surface area contributed by atoms with Gasteiger partial charge in [0, 0.05) is 36.4 Å². The molecule has 1 aliphatic rings. The molecule has 4 nitrogen and oxygen atoms in total. The summed E-state index contributed by atoms with van der Waals surface area (Å²) >= 11 is 0. The van der Waals surface area contributed by atoms with Crippen LogP contribution in [0.25, 0.3) is 0 Å². The molecule has 0 bridgehead atoms. The van der Waals surface area contributed by atoms with Gasteiger partial charge in [0.05, 0.1) is 14.2 Å². The average molecular weight is 264 g/mol. The van der Waals surface area contributed by atoms with Crippen molar-refractivity contribution in [3.63, 3.8) is 0 Å². The number of ether oxygens (including phenoxy) is 2. The van der Waals surface area contributed by atoms with Crippen molar-refractivity contribution in [3.05, 3.63) is 18.2 Å². The highest BCUT2D eigenvalue weighted by molar-refractivity contribution is 5.58. The van der Waals surface area contributed by atoms with Gasteiger partial charge in [0.15, 0.2) is 11.5 Å². The average Bonchev–Trinajstić information content (AvgIpc) is 2.37. The van der Waals surface area contributed by atoms with Crippen molar-refractivity contribution < 1.29 is 9.47 Å². The zero-order valence-corrected chi connectivity index (χ0v) is 12.5. The van der Waals surface area contributed by atoms with E-state index < -0.39 is 0 Å². The second-order valence-corrected chi connectivity index (χ2v) is 5.70. The van der Waals surface area contributed by atoms with Gasteiger partial charge in [-0.15, -0.1) is 0 Å². The molecular formula is C15H24N2O2. The Labute approximate surface area is 115 Å². The number of nitrogens with zero attached hydrogens (tertiary/aromatic N) is 1. The van der Waals surface area contributed by atoms with E-state index in [-0.39, 0.29) is 5.54 Å². The van der Waals surface area contributed by atoms with Gasteiger partial charge in [-0.3, -0.25) is 0 Å². The van der Waals surface area contributed by atoms with Crippen molar-refractivity contribution in [1.29, 1.82) is 0 Å². The van der Waals surface area contributed by atoms with E-state index in [4.69, 9.17) is 9.47 Å². The topological polar surface area (TPSA) is 33.7 Å². The van der Waals surface area contributed by atoms with E-state index in [2.05, 4.69) is 43.1 Å². The maximum absolute atomic E-state index is 5.40. The Morgan fingerprint density at radius 1 is 1.21 bits per heavy atom. The van der Waals surface area contributed by atoms with Crippen LogP contribution in [0.1, 0.15) is 20.8 Å². The summed E-state index contributed by atoms with van der Waals surface area (Å²) in [5.41, 5.74) is 1.26. The fraction of sp³-hybridized carbons (Fsp3) is 0.600. The van der Waals surface area contributed by atoms with E-state index in [0.717, 1.165) is 24.6 Å². The van der Waals surface area contributed by atoms with Gasteiger partial charge >= 0.3 is 0 Å². The van der Waals surface area contributed by atoms with E-state index >= 15 is 0 Å². The Hall–Kier alpha value is -1.42. The van der Waals surface area contributed by atoms with Crippen molar-refractivity contribution in [2.45, 2.75) is 32.4 Å². The third-order valence-electron chi connectivity index (χ3n) is 3.74. The van der Waals surface area contributed by atoms with E-state index in [9.17, 15) is 0 Å². The number of anilines is 1. The molecule has 1 atom stereocenters. The molecule has 0 aliphatic carbocycles. The van der Waals surface area contributed by atoms with Crippen LogP contribution in [0.15, 0.2) is 18.2 Å². The van der Waals surface area contributed by atoms with Crippen LogP contribution in [-0.2, 0) is 0 Å². The summed E-state index contributed by atoms with van der Waals surface area (Å²) in [6, 6.07) is 6.58. The van der Waals surface area contributed by atoms with Crippen LogP contribution in [-0.4, -0.2) is 38.9 Å². The first-order valence-corrected chi connectivity index (χ1v) is 6.71. The first kappa shape index (κ1) is 14.0. The van der Waals surface area contributed by atoms with Gasteiger partial charge in [0.2, 0.25) is 0 Å². The van der Waals surface area contributed by atoms with E-state index in [1.165, 1.54) is 5.69 Å². The van der Waals surface area contributed by atoms with Crippen molar-refractivity contribution in [3.8, 4) is 11.5 Å². The lowest BCUT2D eigenvalue weighted by Crippen LogP contribution is -2.62. The molecule has 0 saturated carbocycles. The lowest BCUT2D eigenvalue weighted by atomic mass is 9.95.